The maximum atomic E-state index is 10.7. The lowest BCUT2D eigenvalue weighted by molar-refractivity contribution is -0.914. The Labute approximate surface area is 132 Å². The molecule has 0 amide bonds. The van der Waals surface area contributed by atoms with Crippen LogP contribution in [0.2, 0.25) is 0 Å². The maximum absolute atomic E-state index is 10.7. The van der Waals surface area contributed by atoms with Crippen molar-refractivity contribution >= 4 is 16.1 Å². The zero-order valence-electron chi connectivity index (χ0n) is 13.6. The second-order valence-corrected chi connectivity index (χ2v) is 7.00. The van der Waals surface area contributed by atoms with Gasteiger partial charge in [0.1, 0.15) is 10.1 Å². The maximum Gasteiger partial charge on any atom is 0.334 e. The minimum absolute atomic E-state index is 0.138. The molecule has 1 atom stereocenters. The number of aryl methyl sites for hydroxylation is 1. The molecule has 1 rings (SSSR count). The van der Waals surface area contributed by atoms with E-state index in [0.717, 1.165) is 5.56 Å². The Hall–Kier alpha value is -1.70. The number of esters is 1. The molecule has 22 heavy (non-hydrogen) atoms. The van der Waals surface area contributed by atoms with Gasteiger partial charge in [0.15, 0.2) is 0 Å². The second kappa shape index (κ2) is 8.07. The molecule has 0 aliphatic carbocycles. The second-order valence-electron chi connectivity index (χ2n) is 5.62. The molecular formula is C15H23NO5S. The van der Waals surface area contributed by atoms with Crippen molar-refractivity contribution in [2.45, 2.75) is 25.0 Å². The molecule has 0 saturated heterocycles. The molecule has 7 heteroatoms. The number of quaternary nitrogens is 1. The summed E-state index contributed by atoms with van der Waals surface area (Å²) in [5.41, 5.74) is 0.928. The van der Waals surface area contributed by atoms with E-state index in [1.807, 2.05) is 35.0 Å². The van der Waals surface area contributed by atoms with Crippen LogP contribution in [0.3, 0.4) is 0 Å². The lowest BCUT2D eigenvalue weighted by atomic mass is 10.2. The molecule has 0 aliphatic rings. The van der Waals surface area contributed by atoms with Crippen molar-refractivity contribution in [3.63, 3.8) is 0 Å². The quantitative estimate of drug-likeness (QED) is 0.276. The van der Waals surface area contributed by atoms with E-state index in [9.17, 15) is 17.8 Å². The van der Waals surface area contributed by atoms with Crippen LogP contribution in [-0.4, -0.2) is 50.8 Å². The Kier molecular flexibility index (Phi) is 7.45. The van der Waals surface area contributed by atoms with Gasteiger partial charge >= 0.3 is 5.97 Å². The minimum Gasteiger partial charge on any atom is -0.744 e. The average molecular weight is 329 g/mol. The van der Waals surface area contributed by atoms with Crippen molar-refractivity contribution < 1.29 is 27.0 Å². The number of benzene rings is 1. The van der Waals surface area contributed by atoms with Gasteiger partial charge < -0.3 is 9.29 Å². The van der Waals surface area contributed by atoms with E-state index >= 15 is 0 Å². The fourth-order valence-corrected chi connectivity index (χ4v) is 1.55. The number of hydrogen-bond acceptors (Lipinski definition) is 5. The van der Waals surface area contributed by atoms with Gasteiger partial charge in [0.05, 0.1) is 26.0 Å². The summed E-state index contributed by atoms with van der Waals surface area (Å²) in [6, 6.07) is 5.78. The highest BCUT2D eigenvalue weighted by Gasteiger charge is 2.20. The molecule has 0 saturated carbocycles. The average Bonchev–Trinajstić information content (AvgIpc) is 2.37. The zero-order valence-corrected chi connectivity index (χ0v) is 14.4. The molecule has 0 aliphatic heterocycles. The molecule has 6 nitrogen and oxygen atoms in total. The summed E-state index contributed by atoms with van der Waals surface area (Å²) in [4.78, 5) is 10.5. The summed E-state index contributed by atoms with van der Waals surface area (Å²) in [6.07, 6.45) is 1.03. The van der Waals surface area contributed by atoms with Gasteiger partial charge in [0.2, 0.25) is 6.23 Å². The van der Waals surface area contributed by atoms with Crippen molar-refractivity contribution in [2.75, 3.05) is 21.1 Å². The summed E-state index contributed by atoms with van der Waals surface area (Å²) in [5.74, 6) is -0.370. The molecule has 1 aromatic carbocycles. The molecule has 124 valence electrons. The van der Waals surface area contributed by atoms with E-state index in [4.69, 9.17) is 4.74 Å². The van der Waals surface area contributed by atoms with Crippen molar-refractivity contribution in [2.24, 2.45) is 0 Å². The molecule has 0 spiro atoms. The Balaban J connectivity index is 0.000000401. The van der Waals surface area contributed by atoms with Gasteiger partial charge in [-0.25, -0.2) is 13.2 Å². The van der Waals surface area contributed by atoms with Crippen molar-refractivity contribution in [1.29, 1.82) is 0 Å². The third-order valence-electron chi connectivity index (χ3n) is 2.85. The van der Waals surface area contributed by atoms with Crippen molar-refractivity contribution in [3.8, 4) is 0 Å². The lowest BCUT2D eigenvalue weighted by Crippen LogP contribution is -2.45. The third kappa shape index (κ3) is 7.92. The summed E-state index contributed by atoms with van der Waals surface area (Å²) in [7, 11) is 1.61. The molecule has 1 aromatic rings. The molecule has 0 fully saturated rings. The normalized spacial score (nSPS) is 12.6. The number of hydrogen-bond donors (Lipinski definition) is 0. The van der Waals surface area contributed by atoms with Crippen LogP contribution in [0.4, 0.5) is 0 Å². The van der Waals surface area contributed by atoms with Crippen LogP contribution in [0.15, 0.2) is 41.8 Å². The highest BCUT2D eigenvalue weighted by Crippen LogP contribution is 2.08. The first-order valence-electron chi connectivity index (χ1n) is 6.54. The number of nitrogens with zero attached hydrogens (tertiary/aromatic N) is 1. The standard InChI is InChI=1S/C8H16NO2.C7H8O3S/c1-6-8(10)11-7(2)9(3,4)5;1-6-2-4-7(5-3-6)11(8,9)10/h6-7H,1H2,2-5H3;2-5H,1H3,(H,8,9,10)/q+1;/p-1. The summed E-state index contributed by atoms with van der Waals surface area (Å²) in [5, 5.41) is 0. The third-order valence-corrected chi connectivity index (χ3v) is 3.70. The Morgan fingerprint density at radius 3 is 2.05 bits per heavy atom. The highest BCUT2D eigenvalue weighted by molar-refractivity contribution is 7.85. The fraction of sp³-hybridized carbons (Fsp3) is 0.400. The molecule has 0 radical (unpaired) electrons. The molecule has 1 unspecified atom stereocenters. The van der Waals surface area contributed by atoms with Crippen LogP contribution in [0, 0.1) is 6.92 Å². The van der Waals surface area contributed by atoms with Gasteiger partial charge in [-0.2, -0.15) is 0 Å². The lowest BCUT2D eigenvalue weighted by Gasteiger charge is -2.29. The first kappa shape index (κ1) is 20.3. The Morgan fingerprint density at radius 1 is 1.27 bits per heavy atom. The highest BCUT2D eigenvalue weighted by atomic mass is 32.2. The van der Waals surface area contributed by atoms with Crippen LogP contribution < -0.4 is 0 Å². The summed E-state index contributed by atoms with van der Waals surface area (Å²) < 4.78 is 36.7. The first-order valence-corrected chi connectivity index (χ1v) is 7.95. The first-order chi connectivity index (χ1) is 9.87. The van der Waals surface area contributed by atoms with Crippen LogP contribution in [0.25, 0.3) is 0 Å². The predicted octanol–water partition coefficient (Wildman–Crippen LogP) is 1.67. The van der Waals surface area contributed by atoms with E-state index in [1.54, 1.807) is 12.1 Å². The molecular weight excluding hydrogens is 306 g/mol. The Bertz CT molecular complexity index is 600. The monoisotopic (exact) mass is 329 g/mol. The van der Waals surface area contributed by atoms with Gasteiger partial charge in [0.25, 0.3) is 0 Å². The predicted molar refractivity (Wildman–Crippen MR) is 82.9 cm³/mol. The van der Waals surface area contributed by atoms with E-state index < -0.39 is 10.1 Å². The van der Waals surface area contributed by atoms with Crippen LogP contribution in [0.5, 0.6) is 0 Å². The van der Waals surface area contributed by atoms with E-state index in [0.29, 0.717) is 4.48 Å². The number of carbonyl (C=O) groups excluding carboxylic acids is 1. The van der Waals surface area contributed by atoms with E-state index in [2.05, 4.69) is 6.58 Å². The van der Waals surface area contributed by atoms with Gasteiger partial charge in [-0.05, 0) is 19.1 Å². The fourth-order valence-electron chi connectivity index (χ4n) is 1.08. The molecule has 0 heterocycles. The number of rotatable bonds is 4. The van der Waals surface area contributed by atoms with Gasteiger partial charge in [-0.15, -0.1) is 0 Å². The van der Waals surface area contributed by atoms with Crippen LogP contribution in [0.1, 0.15) is 12.5 Å². The van der Waals surface area contributed by atoms with Gasteiger partial charge in [0, 0.05) is 13.0 Å². The SMILES string of the molecule is C=CC(=O)OC(C)[N+](C)(C)C.Cc1ccc(S(=O)(=O)[O-])cc1. The number of carbonyl (C=O) groups is 1. The minimum atomic E-state index is -4.27. The van der Waals surface area contributed by atoms with Crippen molar-refractivity contribution in [3.05, 3.63) is 42.5 Å². The topological polar surface area (TPSA) is 83.5 Å². The van der Waals surface area contributed by atoms with Crippen LogP contribution in [-0.2, 0) is 19.6 Å². The summed E-state index contributed by atoms with van der Waals surface area (Å²) in [6.45, 7) is 6.98. The smallest absolute Gasteiger partial charge is 0.334 e. The Morgan fingerprint density at radius 2 is 1.73 bits per heavy atom. The van der Waals surface area contributed by atoms with Gasteiger partial charge in [-0.3, -0.25) is 4.48 Å². The summed E-state index contributed by atoms with van der Waals surface area (Å²) >= 11 is 0. The van der Waals surface area contributed by atoms with Crippen LogP contribution >= 0.6 is 0 Å². The largest absolute Gasteiger partial charge is 0.744 e. The van der Waals surface area contributed by atoms with Crippen molar-refractivity contribution in [1.82, 2.24) is 0 Å². The molecule has 0 N–H and O–H groups in total. The molecule has 0 aromatic heterocycles. The molecule has 0 bridgehead atoms. The van der Waals surface area contributed by atoms with E-state index in [-0.39, 0.29) is 17.1 Å². The van der Waals surface area contributed by atoms with E-state index in [1.165, 1.54) is 18.2 Å². The van der Waals surface area contributed by atoms with Gasteiger partial charge in [-0.1, -0.05) is 24.3 Å². The number of ether oxygens (including phenoxy) is 1. The zero-order chi connectivity index (χ0) is 17.6.